The van der Waals surface area contributed by atoms with Gasteiger partial charge in [-0.05, 0) is 31.7 Å². The molecule has 0 saturated carbocycles. The van der Waals surface area contributed by atoms with Crippen LogP contribution < -0.4 is 0 Å². The summed E-state index contributed by atoms with van der Waals surface area (Å²) in [6, 6.07) is 8.85. The third kappa shape index (κ3) is 2.55. The lowest BCUT2D eigenvalue weighted by atomic mass is 9.98. The average Bonchev–Trinajstić information content (AvgIpc) is 3.03. The van der Waals surface area contributed by atoms with E-state index in [9.17, 15) is 9.90 Å². The van der Waals surface area contributed by atoms with Crippen molar-refractivity contribution < 1.29 is 9.90 Å². The predicted octanol–water partition coefficient (Wildman–Crippen LogP) is 2.98. The minimum Gasteiger partial charge on any atom is -0.476 e. The second kappa shape index (κ2) is 6.43. The summed E-state index contributed by atoms with van der Waals surface area (Å²) in [6.07, 6.45) is 6.30. The van der Waals surface area contributed by atoms with Crippen LogP contribution >= 0.6 is 12.4 Å². The first-order chi connectivity index (χ1) is 11.2. The van der Waals surface area contributed by atoms with Crippen LogP contribution in [0.2, 0.25) is 0 Å². The van der Waals surface area contributed by atoms with Gasteiger partial charge >= 0.3 is 5.97 Å². The molecule has 24 heavy (non-hydrogen) atoms. The zero-order chi connectivity index (χ0) is 16.0. The molecule has 6 nitrogen and oxygen atoms in total. The number of piperidine rings is 1. The third-order valence-electron chi connectivity index (χ3n) is 5.18. The molecule has 0 radical (unpaired) electrons. The number of rotatable bonds is 3. The van der Waals surface area contributed by atoms with Gasteiger partial charge < -0.3 is 10.0 Å². The molecule has 0 amide bonds. The number of hydrogen-bond acceptors (Lipinski definition) is 3. The molecule has 2 bridgehead atoms. The summed E-state index contributed by atoms with van der Waals surface area (Å²) >= 11 is 0. The van der Waals surface area contributed by atoms with Crippen LogP contribution in [-0.2, 0) is 0 Å². The zero-order valence-electron chi connectivity index (χ0n) is 13.5. The van der Waals surface area contributed by atoms with Crippen molar-refractivity contribution in [2.24, 2.45) is 4.99 Å². The molecular weight excluding hydrogens is 328 g/mol. The van der Waals surface area contributed by atoms with E-state index < -0.39 is 5.97 Å². The Hall–Kier alpha value is -2.08. The van der Waals surface area contributed by atoms with Crippen LogP contribution in [0.4, 0.5) is 0 Å². The van der Waals surface area contributed by atoms with Crippen molar-refractivity contribution in [3.05, 3.63) is 30.0 Å². The van der Waals surface area contributed by atoms with Gasteiger partial charge in [-0.15, -0.1) is 12.4 Å². The maximum absolute atomic E-state index is 11.5. The Balaban J connectivity index is 0.00000169. The lowest BCUT2D eigenvalue weighted by Gasteiger charge is -2.38. The maximum Gasteiger partial charge on any atom is 0.357 e. The van der Waals surface area contributed by atoms with Crippen LogP contribution in [0.1, 0.15) is 42.2 Å². The minimum atomic E-state index is -0.960. The molecule has 2 aliphatic heterocycles. The number of carboxylic acids is 1. The summed E-state index contributed by atoms with van der Waals surface area (Å²) in [6.45, 7) is 0. The van der Waals surface area contributed by atoms with E-state index >= 15 is 0 Å². The number of benzene rings is 1. The maximum atomic E-state index is 11.5. The molecule has 2 fully saturated rings. The fourth-order valence-electron chi connectivity index (χ4n) is 4.23. The van der Waals surface area contributed by atoms with E-state index in [4.69, 9.17) is 0 Å². The number of aromatic carboxylic acids is 1. The summed E-state index contributed by atoms with van der Waals surface area (Å²) in [5, 5.41) is 14.6. The van der Waals surface area contributed by atoms with Crippen LogP contribution in [0.25, 0.3) is 10.9 Å². The number of hydrogen-bond donors (Lipinski definition) is 1. The van der Waals surface area contributed by atoms with Crippen LogP contribution in [0.5, 0.6) is 0 Å². The van der Waals surface area contributed by atoms with Crippen LogP contribution in [0, 0.1) is 0 Å². The fraction of sp³-hybridized carbons (Fsp3) is 0.471. The van der Waals surface area contributed by atoms with Gasteiger partial charge in [0.1, 0.15) is 0 Å². The topological polar surface area (TPSA) is 70.7 Å². The minimum absolute atomic E-state index is 0. The van der Waals surface area contributed by atoms with E-state index in [0.717, 1.165) is 23.7 Å². The molecule has 2 aliphatic rings. The smallest absolute Gasteiger partial charge is 0.357 e. The van der Waals surface area contributed by atoms with E-state index in [1.807, 2.05) is 42.3 Å². The van der Waals surface area contributed by atoms with Gasteiger partial charge in [-0.25, -0.2) is 4.79 Å². The first-order valence-corrected chi connectivity index (χ1v) is 8.09. The molecule has 1 N–H and O–H groups in total. The van der Waals surface area contributed by atoms with Crippen molar-refractivity contribution in [3.63, 3.8) is 0 Å². The van der Waals surface area contributed by atoms with Crippen molar-refractivity contribution >= 4 is 35.6 Å². The highest BCUT2D eigenvalue weighted by Gasteiger charge is 2.40. The second-order valence-corrected chi connectivity index (χ2v) is 6.45. The largest absolute Gasteiger partial charge is 0.476 e. The summed E-state index contributed by atoms with van der Waals surface area (Å²) in [5.74, 6) is -0.960. The van der Waals surface area contributed by atoms with Crippen molar-refractivity contribution in [2.75, 3.05) is 7.05 Å². The third-order valence-corrected chi connectivity index (χ3v) is 5.18. The number of halogens is 1. The molecular formula is C17H21ClN4O2. The zero-order valence-corrected chi connectivity index (χ0v) is 14.3. The molecule has 1 aromatic heterocycles. The summed E-state index contributed by atoms with van der Waals surface area (Å²) < 4.78 is 1.95. The number of aliphatic imine (C=N–C) groups is 1. The molecule has 2 aromatic rings. The van der Waals surface area contributed by atoms with Gasteiger partial charge in [0.25, 0.3) is 0 Å². The quantitative estimate of drug-likeness (QED) is 0.683. The van der Waals surface area contributed by atoms with Gasteiger partial charge in [0.2, 0.25) is 0 Å². The molecule has 0 aliphatic carbocycles. The van der Waals surface area contributed by atoms with Crippen LogP contribution in [-0.4, -0.2) is 51.2 Å². The molecule has 7 heteroatoms. The van der Waals surface area contributed by atoms with E-state index in [1.54, 1.807) is 0 Å². The van der Waals surface area contributed by atoms with Gasteiger partial charge in [0.15, 0.2) is 5.69 Å². The van der Waals surface area contributed by atoms with Crippen molar-refractivity contribution in [1.82, 2.24) is 14.7 Å². The monoisotopic (exact) mass is 348 g/mol. The molecule has 1 aromatic carbocycles. The highest BCUT2D eigenvalue weighted by Crippen LogP contribution is 2.41. The van der Waals surface area contributed by atoms with Crippen LogP contribution in [0.3, 0.4) is 0 Å². The highest BCUT2D eigenvalue weighted by molar-refractivity contribution is 6.01. The Kier molecular flexibility index (Phi) is 4.49. The molecule has 128 valence electrons. The molecule has 2 unspecified atom stereocenters. The Morgan fingerprint density at radius 3 is 2.54 bits per heavy atom. The van der Waals surface area contributed by atoms with Crippen molar-refractivity contribution in [2.45, 2.75) is 43.8 Å². The molecule has 4 rings (SSSR count). The van der Waals surface area contributed by atoms with Gasteiger partial charge in [-0.3, -0.25) is 9.67 Å². The Morgan fingerprint density at radius 1 is 1.25 bits per heavy atom. The number of carbonyl (C=O) groups is 1. The summed E-state index contributed by atoms with van der Waals surface area (Å²) in [5.41, 5.74) is 1.08. The van der Waals surface area contributed by atoms with Crippen LogP contribution in [0.15, 0.2) is 29.3 Å². The van der Waals surface area contributed by atoms with Crippen molar-refractivity contribution in [3.8, 4) is 0 Å². The number of fused-ring (bicyclic) bond motifs is 3. The predicted molar refractivity (Wildman–Crippen MR) is 95.3 cm³/mol. The SMILES string of the molecule is CN=CN1C2CCC1CC(n1nc(C(=O)O)c3ccccc31)C2.Cl. The van der Waals surface area contributed by atoms with Gasteiger partial charge in [-0.2, -0.15) is 5.10 Å². The van der Waals surface area contributed by atoms with Crippen molar-refractivity contribution in [1.29, 1.82) is 0 Å². The van der Waals surface area contributed by atoms with Gasteiger partial charge in [-0.1, -0.05) is 18.2 Å². The van der Waals surface area contributed by atoms with E-state index in [0.29, 0.717) is 12.1 Å². The van der Waals surface area contributed by atoms with Gasteiger partial charge in [0, 0.05) is 24.5 Å². The molecule has 2 atom stereocenters. The second-order valence-electron chi connectivity index (χ2n) is 6.45. The van der Waals surface area contributed by atoms with E-state index in [1.165, 1.54) is 12.8 Å². The molecule has 0 spiro atoms. The standard InChI is InChI=1S/C17H20N4O2.ClH/c1-18-10-20-11-6-7-12(20)9-13(8-11)21-15-5-3-2-4-14(15)16(19-21)17(22)23;/h2-5,10-13H,6-9H2,1H3,(H,22,23);1H. The first kappa shape index (κ1) is 16.8. The lowest BCUT2D eigenvalue weighted by Crippen LogP contribution is -2.42. The Labute approximate surface area is 146 Å². The molecule has 2 saturated heterocycles. The number of carboxylic acid groups (broad SMARTS) is 1. The number of nitrogens with zero attached hydrogens (tertiary/aromatic N) is 4. The molecule has 3 heterocycles. The first-order valence-electron chi connectivity index (χ1n) is 8.09. The normalized spacial score (nSPS) is 26.0. The van der Waals surface area contributed by atoms with Gasteiger partial charge in [0.05, 0.1) is 17.9 Å². The summed E-state index contributed by atoms with van der Waals surface area (Å²) in [7, 11) is 1.81. The van der Waals surface area contributed by atoms with E-state index in [-0.39, 0.29) is 24.1 Å². The van der Waals surface area contributed by atoms with E-state index in [2.05, 4.69) is 15.0 Å². The fourth-order valence-corrected chi connectivity index (χ4v) is 4.23. The number of aromatic nitrogens is 2. The lowest BCUT2D eigenvalue weighted by molar-refractivity contribution is 0.0690. The Morgan fingerprint density at radius 2 is 1.92 bits per heavy atom. The average molecular weight is 349 g/mol. The summed E-state index contributed by atoms with van der Waals surface area (Å²) in [4.78, 5) is 18.0. The Bertz CT molecular complexity index is 774. The highest BCUT2D eigenvalue weighted by atomic mass is 35.5. The number of para-hydroxylation sites is 1.